The molecule has 1 saturated heterocycles. The molecule has 23 heavy (non-hydrogen) atoms. The van der Waals surface area contributed by atoms with E-state index in [4.69, 9.17) is 4.74 Å². The number of aryl methyl sites for hydroxylation is 1. The van der Waals surface area contributed by atoms with E-state index in [1.807, 2.05) is 37.5 Å². The fraction of sp³-hybridized carbons (Fsp3) is 0.353. The summed E-state index contributed by atoms with van der Waals surface area (Å²) in [5.41, 5.74) is 2.42. The number of hydrogen-bond acceptors (Lipinski definition) is 6. The van der Waals surface area contributed by atoms with Gasteiger partial charge in [-0.2, -0.15) is 0 Å². The van der Waals surface area contributed by atoms with Gasteiger partial charge in [0.1, 0.15) is 5.82 Å². The van der Waals surface area contributed by atoms with Gasteiger partial charge in [0.05, 0.1) is 18.4 Å². The van der Waals surface area contributed by atoms with Crippen LogP contribution >= 0.6 is 0 Å². The summed E-state index contributed by atoms with van der Waals surface area (Å²) in [6.07, 6.45) is 3.64. The number of rotatable bonds is 3. The fourth-order valence-electron chi connectivity index (χ4n) is 2.80. The molecule has 1 aliphatic rings. The van der Waals surface area contributed by atoms with Crippen molar-refractivity contribution in [2.45, 2.75) is 6.92 Å². The minimum Gasteiger partial charge on any atom is -0.465 e. The molecule has 0 spiro atoms. The standard InChI is InChI=1S/C17H20N4O2/c1-13-15(17(22)23-2)3-4-16(19-13)21-11-9-20(10-12-21)14-5-7-18-8-6-14/h3-8H,9-12H2,1-2H3. The quantitative estimate of drug-likeness (QED) is 0.807. The molecule has 0 bridgehead atoms. The minimum absolute atomic E-state index is 0.343. The second-order valence-corrected chi connectivity index (χ2v) is 5.47. The Morgan fingerprint density at radius 3 is 2.30 bits per heavy atom. The summed E-state index contributed by atoms with van der Waals surface area (Å²) in [5, 5.41) is 0. The molecular weight excluding hydrogens is 292 g/mol. The number of piperazine rings is 1. The maximum atomic E-state index is 11.6. The SMILES string of the molecule is COC(=O)c1ccc(N2CCN(c3ccncc3)CC2)nc1C. The molecule has 6 nitrogen and oxygen atoms in total. The molecule has 0 amide bonds. The number of ether oxygens (including phenoxy) is 1. The zero-order valence-corrected chi connectivity index (χ0v) is 13.4. The van der Waals surface area contributed by atoms with Crippen LogP contribution in [0.2, 0.25) is 0 Å². The lowest BCUT2D eigenvalue weighted by Crippen LogP contribution is -2.46. The Kier molecular flexibility index (Phi) is 4.41. The summed E-state index contributed by atoms with van der Waals surface area (Å²) >= 11 is 0. The first-order valence-corrected chi connectivity index (χ1v) is 7.65. The van der Waals surface area contributed by atoms with Gasteiger partial charge in [0, 0.05) is 44.3 Å². The van der Waals surface area contributed by atoms with E-state index in [-0.39, 0.29) is 5.97 Å². The number of esters is 1. The summed E-state index contributed by atoms with van der Waals surface area (Å²) in [6.45, 7) is 5.49. The average molecular weight is 312 g/mol. The maximum Gasteiger partial charge on any atom is 0.339 e. The molecule has 0 saturated carbocycles. The topological polar surface area (TPSA) is 58.6 Å². The molecule has 0 N–H and O–H groups in total. The molecule has 0 radical (unpaired) electrons. The summed E-state index contributed by atoms with van der Waals surface area (Å²) < 4.78 is 4.76. The number of pyridine rings is 2. The molecule has 3 rings (SSSR count). The van der Waals surface area contributed by atoms with E-state index in [1.165, 1.54) is 12.8 Å². The predicted molar refractivity (Wildman–Crippen MR) is 89.0 cm³/mol. The highest BCUT2D eigenvalue weighted by molar-refractivity contribution is 5.90. The lowest BCUT2D eigenvalue weighted by Gasteiger charge is -2.36. The Morgan fingerprint density at radius 1 is 1.04 bits per heavy atom. The van der Waals surface area contributed by atoms with E-state index in [1.54, 1.807) is 6.07 Å². The molecule has 0 atom stereocenters. The van der Waals surface area contributed by atoms with Gasteiger partial charge in [-0.25, -0.2) is 9.78 Å². The Bertz CT molecular complexity index is 682. The van der Waals surface area contributed by atoms with Crippen LogP contribution in [-0.2, 0) is 4.74 Å². The fourth-order valence-corrected chi connectivity index (χ4v) is 2.80. The molecule has 0 aromatic carbocycles. The van der Waals surface area contributed by atoms with Gasteiger partial charge in [-0.3, -0.25) is 4.98 Å². The van der Waals surface area contributed by atoms with Crippen molar-refractivity contribution in [1.82, 2.24) is 9.97 Å². The first kappa shape index (κ1) is 15.3. The average Bonchev–Trinajstić information content (AvgIpc) is 2.62. The molecular formula is C17H20N4O2. The highest BCUT2D eigenvalue weighted by Crippen LogP contribution is 2.20. The first-order chi connectivity index (χ1) is 11.2. The van der Waals surface area contributed by atoms with Crippen molar-refractivity contribution in [3.8, 4) is 0 Å². The Labute approximate surface area is 135 Å². The normalized spacial score (nSPS) is 14.7. The monoisotopic (exact) mass is 312 g/mol. The van der Waals surface area contributed by atoms with Crippen molar-refractivity contribution in [3.05, 3.63) is 47.9 Å². The van der Waals surface area contributed by atoms with Gasteiger partial charge in [-0.15, -0.1) is 0 Å². The third kappa shape index (κ3) is 3.26. The van der Waals surface area contributed by atoms with Crippen LogP contribution in [0.3, 0.4) is 0 Å². The van der Waals surface area contributed by atoms with Crippen molar-refractivity contribution in [1.29, 1.82) is 0 Å². The van der Waals surface area contributed by atoms with Gasteiger partial charge in [-0.05, 0) is 31.2 Å². The van der Waals surface area contributed by atoms with Gasteiger partial charge < -0.3 is 14.5 Å². The van der Waals surface area contributed by atoms with E-state index in [2.05, 4.69) is 19.8 Å². The van der Waals surface area contributed by atoms with E-state index in [0.29, 0.717) is 11.3 Å². The van der Waals surface area contributed by atoms with Crippen molar-refractivity contribution < 1.29 is 9.53 Å². The van der Waals surface area contributed by atoms with Crippen LogP contribution < -0.4 is 9.80 Å². The predicted octanol–water partition coefficient (Wildman–Crippen LogP) is 1.90. The largest absolute Gasteiger partial charge is 0.465 e. The number of carbonyl (C=O) groups excluding carboxylic acids is 1. The number of aromatic nitrogens is 2. The Balaban J connectivity index is 1.68. The zero-order valence-electron chi connectivity index (χ0n) is 13.4. The second-order valence-electron chi connectivity index (χ2n) is 5.47. The molecule has 120 valence electrons. The van der Waals surface area contributed by atoms with Crippen LogP contribution in [0.1, 0.15) is 16.1 Å². The van der Waals surface area contributed by atoms with Crippen LogP contribution in [0, 0.1) is 6.92 Å². The van der Waals surface area contributed by atoms with Gasteiger partial charge in [0.2, 0.25) is 0 Å². The Morgan fingerprint density at radius 2 is 1.70 bits per heavy atom. The van der Waals surface area contributed by atoms with Crippen molar-refractivity contribution in [2.24, 2.45) is 0 Å². The summed E-state index contributed by atoms with van der Waals surface area (Å²) in [4.78, 5) is 24.8. The smallest absolute Gasteiger partial charge is 0.339 e. The van der Waals surface area contributed by atoms with E-state index < -0.39 is 0 Å². The lowest BCUT2D eigenvalue weighted by atomic mass is 10.2. The van der Waals surface area contributed by atoms with Gasteiger partial charge >= 0.3 is 5.97 Å². The van der Waals surface area contributed by atoms with E-state index in [9.17, 15) is 4.79 Å². The van der Waals surface area contributed by atoms with E-state index >= 15 is 0 Å². The molecule has 2 aromatic rings. The van der Waals surface area contributed by atoms with Crippen molar-refractivity contribution >= 4 is 17.5 Å². The molecule has 0 aliphatic carbocycles. The molecule has 3 heterocycles. The Hall–Kier alpha value is -2.63. The van der Waals surface area contributed by atoms with Crippen LogP contribution in [-0.4, -0.2) is 49.2 Å². The van der Waals surface area contributed by atoms with Crippen molar-refractivity contribution in [3.63, 3.8) is 0 Å². The summed E-state index contributed by atoms with van der Waals surface area (Å²) in [6, 6.07) is 7.74. The highest BCUT2D eigenvalue weighted by Gasteiger charge is 2.19. The van der Waals surface area contributed by atoms with Gasteiger partial charge in [0.15, 0.2) is 0 Å². The van der Waals surface area contributed by atoms with E-state index in [0.717, 1.165) is 32.0 Å². The number of anilines is 2. The summed E-state index contributed by atoms with van der Waals surface area (Å²) in [5.74, 6) is 0.564. The highest BCUT2D eigenvalue weighted by atomic mass is 16.5. The molecule has 6 heteroatoms. The van der Waals surface area contributed by atoms with Gasteiger partial charge in [-0.1, -0.05) is 0 Å². The zero-order chi connectivity index (χ0) is 16.2. The third-order valence-electron chi connectivity index (χ3n) is 4.11. The van der Waals surface area contributed by atoms with Crippen LogP contribution in [0.4, 0.5) is 11.5 Å². The van der Waals surface area contributed by atoms with Crippen LogP contribution in [0.15, 0.2) is 36.7 Å². The minimum atomic E-state index is -0.343. The molecule has 1 fully saturated rings. The lowest BCUT2D eigenvalue weighted by molar-refractivity contribution is 0.0599. The second kappa shape index (κ2) is 6.64. The van der Waals surface area contributed by atoms with Crippen LogP contribution in [0.5, 0.6) is 0 Å². The van der Waals surface area contributed by atoms with Crippen molar-refractivity contribution in [2.75, 3.05) is 43.1 Å². The van der Waals surface area contributed by atoms with Crippen LogP contribution in [0.25, 0.3) is 0 Å². The maximum absolute atomic E-state index is 11.6. The molecule has 1 aliphatic heterocycles. The molecule has 2 aromatic heterocycles. The summed E-state index contributed by atoms with van der Waals surface area (Å²) in [7, 11) is 1.38. The third-order valence-corrected chi connectivity index (χ3v) is 4.11. The van der Waals surface area contributed by atoms with Gasteiger partial charge in [0.25, 0.3) is 0 Å². The number of carbonyl (C=O) groups is 1. The number of nitrogens with zero attached hydrogens (tertiary/aromatic N) is 4. The number of methoxy groups -OCH3 is 1. The first-order valence-electron chi connectivity index (χ1n) is 7.65. The molecule has 0 unspecified atom stereocenters. The number of hydrogen-bond donors (Lipinski definition) is 0.